The Morgan fingerprint density at radius 2 is 1.87 bits per heavy atom. The van der Waals surface area contributed by atoms with Gasteiger partial charge in [0.05, 0.1) is 23.0 Å². The van der Waals surface area contributed by atoms with Crippen LogP contribution in [0.4, 0.5) is 20.6 Å². The molecule has 1 saturated carbocycles. The minimum absolute atomic E-state index is 0.0612. The maximum atomic E-state index is 14.0. The first-order chi connectivity index (χ1) is 14.8. The zero-order valence-corrected chi connectivity index (χ0v) is 17.8. The molecule has 2 fully saturated rings. The average molecular weight is 423 g/mol. The van der Waals surface area contributed by atoms with E-state index < -0.39 is 11.4 Å². The fourth-order valence-corrected chi connectivity index (χ4v) is 4.85. The second kappa shape index (κ2) is 8.10. The molecule has 2 aliphatic rings. The molecule has 1 atom stereocenters. The minimum atomic E-state index is -0.609. The summed E-state index contributed by atoms with van der Waals surface area (Å²) in [5, 5.41) is 12.3. The van der Waals surface area contributed by atoms with Crippen LogP contribution in [0.25, 0.3) is 0 Å². The number of rotatable bonds is 4. The Balaban J connectivity index is 1.46. The smallest absolute Gasteiger partial charge is 0.411 e. The zero-order chi connectivity index (χ0) is 22.2. The Kier molecular flexibility index (Phi) is 5.48. The fourth-order valence-electron chi connectivity index (χ4n) is 4.85. The molecule has 2 aromatic carbocycles. The SMILES string of the molecule is CC1(C)OC(=O)N(C2CCC(Nc3cc(F)c(C#N)cc3N)CC2)[C@H]1c1ccccc1. The van der Waals surface area contributed by atoms with Crippen molar-refractivity contribution in [2.24, 2.45) is 0 Å². The molecule has 1 heterocycles. The van der Waals surface area contributed by atoms with Crippen molar-refractivity contribution in [1.82, 2.24) is 4.90 Å². The van der Waals surface area contributed by atoms with E-state index in [1.807, 2.05) is 49.1 Å². The Bertz CT molecular complexity index is 1010. The van der Waals surface area contributed by atoms with E-state index in [1.165, 1.54) is 12.1 Å². The van der Waals surface area contributed by atoms with E-state index in [4.69, 9.17) is 15.7 Å². The number of anilines is 2. The van der Waals surface area contributed by atoms with E-state index in [-0.39, 0.29) is 29.8 Å². The van der Waals surface area contributed by atoms with Crippen molar-refractivity contribution in [1.29, 1.82) is 5.26 Å². The van der Waals surface area contributed by atoms with Crippen molar-refractivity contribution in [2.45, 2.75) is 63.3 Å². The van der Waals surface area contributed by atoms with E-state index in [1.54, 1.807) is 6.07 Å². The summed E-state index contributed by atoms with van der Waals surface area (Å²) >= 11 is 0. The lowest BCUT2D eigenvalue weighted by Gasteiger charge is -2.38. The van der Waals surface area contributed by atoms with Crippen molar-refractivity contribution in [3.63, 3.8) is 0 Å². The number of hydrogen-bond acceptors (Lipinski definition) is 5. The quantitative estimate of drug-likeness (QED) is 0.679. The van der Waals surface area contributed by atoms with Crippen LogP contribution in [0.3, 0.4) is 0 Å². The zero-order valence-electron chi connectivity index (χ0n) is 17.8. The first kappa shape index (κ1) is 21.0. The molecule has 31 heavy (non-hydrogen) atoms. The van der Waals surface area contributed by atoms with Gasteiger partial charge in [-0.25, -0.2) is 9.18 Å². The molecular weight excluding hydrogens is 395 g/mol. The van der Waals surface area contributed by atoms with Gasteiger partial charge < -0.3 is 15.8 Å². The lowest BCUT2D eigenvalue weighted by molar-refractivity contribution is 0.0664. The number of nitrogens with one attached hydrogen (secondary N) is 1. The van der Waals surface area contributed by atoms with E-state index >= 15 is 0 Å². The van der Waals surface area contributed by atoms with Crippen LogP contribution in [0.15, 0.2) is 42.5 Å². The number of cyclic esters (lactones) is 1. The van der Waals surface area contributed by atoms with E-state index in [0.29, 0.717) is 11.4 Å². The molecule has 162 valence electrons. The Morgan fingerprint density at radius 3 is 2.52 bits per heavy atom. The predicted octanol–water partition coefficient (Wildman–Crippen LogP) is 4.97. The molecule has 1 aliphatic heterocycles. The van der Waals surface area contributed by atoms with Crippen molar-refractivity contribution in [3.8, 4) is 6.07 Å². The third-order valence-corrected chi connectivity index (χ3v) is 6.32. The summed E-state index contributed by atoms with van der Waals surface area (Å²) in [5.41, 5.74) is 7.25. The van der Waals surface area contributed by atoms with Crippen LogP contribution in [0, 0.1) is 17.1 Å². The number of nitrogens with two attached hydrogens (primary N) is 1. The summed E-state index contributed by atoms with van der Waals surface area (Å²) in [5.74, 6) is -0.583. The van der Waals surface area contributed by atoms with Gasteiger partial charge in [-0.15, -0.1) is 0 Å². The normalized spacial score (nSPS) is 25.0. The van der Waals surface area contributed by atoms with Gasteiger partial charge in [-0.2, -0.15) is 5.26 Å². The van der Waals surface area contributed by atoms with Crippen LogP contribution in [-0.4, -0.2) is 28.7 Å². The summed E-state index contributed by atoms with van der Waals surface area (Å²) in [6.07, 6.45) is 2.98. The number of amides is 1. The number of carbonyl (C=O) groups excluding carboxylic acids is 1. The molecule has 0 unspecified atom stereocenters. The molecule has 0 aromatic heterocycles. The summed E-state index contributed by atoms with van der Waals surface area (Å²) in [6.45, 7) is 3.91. The van der Waals surface area contributed by atoms with E-state index in [0.717, 1.165) is 31.2 Å². The maximum absolute atomic E-state index is 14.0. The van der Waals surface area contributed by atoms with Gasteiger partial charge >= 0.3 is 6.09 Å². The predicted molar refractivity (Wildman–Crippen MR) is 117 cm³/mol. The number of nitrogen functional groups attached to an aromatic ring is 1. The lowest BCUT2D eigenvalue weighted by Crippen LogP contribution is -2.44. The van der Waals surface area contributed by atoms with Crippen molar-refractivity contribution >= 4 is 17.5 Å². The standard InChI is InChI=1S/C24H27FN4O2/c1-24(2)22(15-6-4-3-5-7-15)29(23(30)31-24)18-10-8-17(9-11-18)28-21-13-19(25)16(14-26)12-20(21)27/h3-7,12-13,17-18,22,28H,8-11,27H2,1-2H3/t17?,18?,22-/m0/s1. The largest absolute Gasteiger partial charge is 0.441 e. The Hall–Kier alpha value is -3.27. The number of ether oxygens (including phenoxy) is 1. The molecule has 2 aromatic rings. The van der Waals surface area contributed by atoms with Gasteiger partial charge in [-0.05, 0) is 51.2 Å². The second-order valence-electron chi connectivity index (χ2n) is 8.87. The van der Waals surface area contributed by atoms with Crippen LogP contribution in [0.2, 0.25) is 0 Å². The third kappa shape index (κ3) is 4.02. The van der Waals surface area contributed by atoms with Crippen molar-refractivity contribution in [2.75, 3.05) is 11.1 Å². The van der Waals surface area contributed by atoms with Crippen LogP contribution >= 0.6 is 0 Å². The Morgan fingerprint density at radius 1 is 1.19 bits per heavy atom. The van der Waals surface area contributed by atoms with Gasteiger partial charge in [-0.3, -0.25) is 4.90 Å². The summed E-state index contributed by atoms with van der Waals surface area (Å²) in [7, 11) is 0. The third-order valence-electron chi connectivity index (χ3n) is 6.32. The highest BCUT2D eigenvalue weighted by atomic mass is 19.1. The Labute approximate surface area is 181 Å². The first-order valence-electron chi connectivity index (χ1n) is 10.6. The first-order valence-corrected chi connectivity index (χ1v) is 10.6. The molecule has 1 aliphatic carbocycles. The number of nitriles is 1. The molecule has 1 amide bonds. The highest BCUT2D eigenvalue weighted by molar-refractivity contribution is 5.72. The van der Waals surface area contributed by atoms with Gasteiger partial charge in [-0.1, -0.05) is 30.3 Å². The van der Waals surface area contributed by atoms with Crippen LogP contribution in [0.5, 0.6) is 0 Å². The highest BCUT2D eigenvalue weighted by Crippen LogP contribution is 2.44. The fraction of sp³-hybridized carbons (Fsp3) is 0.417. The van der Waals surface area contributed by atoms with E-state index in [2.05, 4.69) is 5.32 Å². The number of carbonyl (C=O) groups is 1. The number of nitrogens with zero attached hydrogens (tertiary/aromatic N) is 2. The molecule has 6 nitrogen and oxygen atoms in total. The number of benzene rings is 2. The molecule has 0 spiro atoms. The van der Waals surface area contributed by atoms with Gasteiger partial charge in [0.25, 0.3) is 0 Å². The summed E-state index contributed by atoms with van der Waals surface area (Å²) in [6, 6.07) is 14.5. The maximum Gasteiger partial charge on any atom is 0.411 e. The van der Waals surface area contributed by atoms with Crippen molar-refractivity contribution < 1.29 is 13.9 Å². The monoisotopic (exact) mass is 422 g/mol. The van der Waals surface area contributed by atoms with Gasteiger partial charge in [0.1, 0.15) is 17.5 Å². The average Bonchev–Trinajstić information content (AvgIpc) is 2.99. The number of hydrogen-bond donors (Lipinski definition) is 2. The summed E-state index contributed by atoms with van der Waals surface area (Å²) in [4.78, 5) is 14.7. The second-order valence-corrected chi connectivity index (χ2v) is 8.87. The van der Waals surface area contributed by atoms with Crippen molar-refractivity contribution in [3.05, 3.63) is 59.4 Å². The van der Waals surface area contributed by atoms with Crippen LogP contribution in [0.1, 0.15) is 56.7 Å². The van der Waals surface area contributed by atoms with E-state index in [9.17, 15) is 9.18 Å². The molecule has 1 saturated heterocycles. The molecule has 0 radical (unpaired) electrons. The lowest BCUT2D eigenvalue weighted by atomic mass is 9.86. The number of halogens is 1. The molecule has 7 heteroatoms. The highest BCUT2D eigenvalue weighted by Gasteiger charge is 2.51. The molecule has 0 bridgehead atoms. The van der Waals surface area contributed by atoms with Crippen LogP contribution in [-0.2, 0) is 4.74 Å². The summed E-state index contributed by atoms with van der Waals surface area (Å²) < 4.78 is 19.7. The van der Waals surface area contributed by atoms with Gasteiger partial charge in [0.15, 0.2) is 0 Å². The van der Waals surface area contributed by atoms with Gasteiger partial charge in [0, 0.05) is 18.2 Å². The molecular formula is C24H27FN4O2. The minimum Gasteiger partial charge on any atom is -0.441 e. The molecule has 3 N–H and O–H groups in total. The molecule has 4 rings (SSSR count). The van der Waals surface area contributed by atoms with Gasteiger partial charge in [0.2, 0.25) is 0 Å². The topological polar surface area (TPSA) is 91.4 Å². The van der Waals surface area contributed by atoms with Crippen LogP contribution < -0.4 is 11.1 Å².